The fraction of sp³-hybridized carbons (Fsp3) is 0.472. The van der Waals surface area contributed by atoms with Crippen LogP contribution in [0.1, 0.15) is 43.7 Å². The number of fused-ring (bicyclic) bond motifs is 1. The number of halogens is 2. The molecule has 2 N–H and O–H groups in total. The van der Waals surface area contributed by atoms with Crippen LogP contribution in [0.25, 0.3) is 0 Å². The van der Waals surface area contributed by atoms with Gasteiger partial charge in [-0.2, -0.15) is 4.99 Å². The minimum Gasteiger partial charge on any atom is -0.506 e. The van der Waals surface area contributed by atoms with Crippen molar-refractivity contribution in [3.63, 3.8) is 0 Å². The van der Waals surface area contributed by atoms with Crippen LogP contribution in [0.2, 0.25) is 0 Å². The van der Waals surface area contributed by atoms with E-state index in [0.717, 1.165) is 43.6 Å². The van der Waals surface area contributed by atoms with E-state index in [-0.39, 0.29) is 42.7 Å². The van der Waals surface area contributed by atoms with Crippen molar-refractivity contribution in [3.8, 4) is 5.75 Å². The number of hydrogen-bond acceptors (Lipinski definition) is 8. The highest BCUT2D eigenvalue weighted by atomic mass is 79.9. The maximum Gasteiger partial charge on any atom is 0.410 e. The lowest BCUT2D eigenvalue weighted by atomic mass is 9.97. The van der Waals surface area contributed by atoms with Crippen molar-refractivity contribution in [2.45, 2.75) is 57.6 Å². The molecule has 4 amide bonds. The second-order valence-corrected chi connectivity index (χ2v) is 14.2. The second kappa shape index (κ2) is 17.8. The summed E-state index contributed by atoms with van der Waals surface area (Å²) >= 11 is 6.63. The zero-order valence-electron chi connectivity index (χ0n) is 27.9. The lowest BCUT2D eigenvalue weighted by molar-refractivity contribution is -0.144. The molecule has 0 aliphatic carbocycles. The monoisotopic (exact) mass is 813 g/mol. The standard InChI is InChI=1S/C36H41Br2N5O7/c1-2-49-32(44)23-41-15-9-24(10-16-41)6-5-14-39-34(46)31(22-25-20-28(37)33(45)29(38)21-25)50-36(48)42-17-12-27(13-18-42)43-19-11-26-7-3-4-8-30(26)40-35(43)47/h3-4,6-8,20-21,24,27,31,45H,2,9-13,15-19,22-23H2,1H3,(H,40,47)/t31-/m1/s1. The quantitative estimate of drug-likeness (QED) is 0.187. The van der Waals surface area contributed by atoms with E-state index in [1.165, 1.54) is 0 Å². The predicted molar refractivity (Wildman–Crippen MR) is 194 cm³/mol. The summed E-state index contributed by atoms with van der Waals surface area (Å²) in [5.41, 5.74) is 5.41. The molecule has 12 nitrogen and oxygen atoms in total. The number of rotatable bonds is 9. The maximum absolute atomic E-state index is 13.4. The summed E-state index contributed by atoms with van der Waals surface area (Å²) in [4.78, 5) is 60.9. The van der Waals surface area contributed by atoms with Crippen molar-refractivity contribution in [2.24, 2.45) is 10.9 Å². The Morgan fingerprint density at radius 1 is 1.06 bits per heavy atom. The fourth-order valence-electron chi connectivity index (χ4n) is 6.41. The molecule has 0 aromatic heterocycles. The third-order valence-corrected chi connectivity index (χ3v) is 10.4. The van der Waals surface area contributed by atoms with Crippen LogP contribution in [0.15, 0.2) is 62.1 Å². The molecule has 0 spiro atoms. The van der Waals surface area contributed by atoms with Gasteiger partial charge in [-0.05, 0) is 125 Å². The number of likely N-dealkylation sites (tertiary alicyclic amines) is 2. The van der Waals surface area contributed by atoms with Crippen LogP contribution in [-0.4, -0.2) is 108 Å². The minimum atomic E-state index is -1.25. The highest BCUT2D eigenvalue weighted by Gasteiger charge is 2.33. The van der Waals surface area contributed by atoms with Gasteiger partial charge in [-0.25, -0.2) is 9.59 Å². The second-order valence-electron chi connectivity index (χ2n) is 12.5. The minimum absolute atomic E-state index is 0.0104. The van der Waals surface area contributed by atoms with E-state index < -0.39 is 18.1 Å². The summed E-state index contributed by atoms with van der Waals surface area (Å²) in [5, 5.41) is 13.2. The van der Waals surface area contributed by atoms with E-state index in [9.17, 15) is 24.3 Å². The SMILES string of the molecule is CCOC(=O)CN1CCC(C=C=C=NC(=O)[C@@H](Cc2cc(Br)c(O)c(Br)c2)OC(=O)N2CCC(N3CCc4ccccc4NC3=O)CC2)CC1. The van der Waals surface area contributed by atoms with E-state index in [0.29, 0.717) is 53.6 Å². The Balaban J connectivity index is 1.20. The number of nitrogens with zero attached hydrogens (tertiary/aromatic N) is 4. The van der Waals surface area contributed by atoms with Crippen LogP contribution in [0.5, 0.6) is 5.75 Å². The summed E-state index contributed by atoms with van der Waals surface area (Å²) in [6, 6.07) is 10.9. The molecule has 0 radical (unpaired) electrons. The molecule has 2 aromatic rings. The summed E-state index contributed by atoms with van der Waals surface area (Å²) in [6.07, 6.45) is 3.47. The number of aliphatic imine (C=N–C) groups is 1. The number of allylic oxidation sites excluding steroid dienone is 1. The first-order valence-corrected chi connectivity index (χ1v) is 18.4. The number of carbonyl (C=O) groups excluding carboxylic acids is 4. The number of hydrogen-bond donors (Lipinski definition) is 2. The van der Waals surface area contributed by atoms with Gasteiger partial charge in [0.1, 0.15) is 5.75 Å². The Bertz CT molecular complexity index is 1650. The number of urea groups is 1. The molecule has 3 aliphatic heterocycles. The number of phenols is 1. The van der Waals surface area contributed by atoms with Crippen LogP contribution >= 0.6 is 31.9 Å². The van der Waals surface area contributed by atoms with Gasteiger partial charge in [0.2, 0.25) is 0 Å². The first-order chi connectivity index (χ1) is 24.1. The summed E-state index contributed by atoms with van der Waals surface area (Å²) in [6.45, 7) is 5.21. The van der Waals surface area contributed by atoms with E-state index in [1.54, 1.807) is 24.0 Å². The molecule has 0 unspecified atom stereocenters. The van der Waals surface area contributed by atoms with Gasteiger partial charge in [-0.15, -0.1) is 0 Å². The van der Waals surface area contributed by atoms with Crippen molar-refractivity contribution < 1.29 is 33.8 Å². The summed E-state index contributed by atoms with van der Waals surface area (Å²) < 4.78 is 11.6. The number of phenolic OH excluding ortho intramolecular Hbond substituents is 1. The van der Waals surface area contributed by atoms with Crippen molar-refractivity contribution in [2.75, 3.05) is 51.2 Å². The molecular formula is C36H41Br2N5O7. The van der Waals surface area contributed by atoms with Crippen molar-refractivity contribution in [3.05, 3.63) is 68.3 Å². The molecule has 2 aromatic carbocycles. The molecule has 3 aliphatic rings. The highest BCUT2D eigenvalue weighted by molar-refractivity contribution is 9.11. The van der Waals surface area contributed by atoms with Gasteiger partial charge in [-0.1, -0.05) is 23.9 Å². The number of ether oxygens (including phenoxy) is 2. The predicted octanol–water partition coefficient (Wildman–Crippen LogP) is 5.70. The molecule has 266 valence electrons. The number of para-hydroxylation sites is 1. The molecule has 3 heterocycles. The van der Waals surface area contributed by atoms with Gasteiger partial charge in [0.15, 0.2) is 6.10 Å². The van der Waals surface area contributed by atoms with Gasteiger partial charge < -0.3 is 29.7 Å². The van der Waals surface area contributed by atoms with Crippen LogP contribution in [0.3, 0.4) is 0 Å². The van der Waals surface area contributed by atoms with Gasteiger partial charge >= 0.3 is 18.1 Å². The topological polar surface area (TPSA) is 141 Å². The van der Waals surface area contributed by atoms with Crippen molar-refractivity contribution in [1.82, 2.24) is 14.7 Å². The molecule has 2 fully saturated rings. The number of amides is 4. The molecule has 2 saturated heterocycles. The maximum atomic E-state index is 13.4. The number of esters is 1. The van der Waals surface area contributed by atoms with Crippen LogP contribution in [-0.2, 0) is 31.9 Å². The van der Waals surface area contributed by atoms with Crippen LogP contribution in [0.4, 0.5) is 15.3 Å². The van der Waals surface area contributed by atoms with Crippen LogP contribution in [0, 0.1) is 5.92 Å². The molecule has 1 atom stereocenters. The number of piperidine rings is 2. The molecule has 14 heteroatoms. The number of carbonyl (C=O) groups is 4. The third kappa shape index (κ3) is 10.1. The van der Waals surface area contributed by atoms with Crippen LogP contribution < -0.4 is 5.32 Å². The first kappa shape index (κ1) is 37.3. The molecule has 50 heavy (non-hydrogen) atoms. The Kier molecular flexibility index (Phi) is 13.3. The van der Waals surface area contributed by atoms with Crippen molar-refractivity contribution >= 4 is 67.4 Å². The van der Waals surface area contributed by atoms with Crippen molar-refractivity contribution in [1.29, 1.82) is 0 Å². The highest BCUT2D eigenvalue weighted by Crippen LogP contribution is 2.34. The zero-order chi connectivity index (χ0) is 35.6. The lowest BCUT2D eigenvalue weighted by Crippen LogP contribution is -2.50. The molecule has 0 bridgehead atoms. The van der Waals surface area contributed by atoms with E-state index in [2.05, 4.69) is 58.7 Å². The number of aromatic hydroxyl groups is 1. The lowest BCUT2D eigenvalue weighted by Gasteiger charge is -2.37. The molecule has 5 rings (SSSR count). The largest absolute Gasteiger partial charge is 0.506 e. The third-order valence-electron chi connectivity index (χ3n) is 9.16. The molecular weight excluding hydrogens is 774 g/mol. The first-order valence-electron chi connectivity index (χ1n) is 16.9. The number of nitrogens with one attached hydrogen (secondary N) is 1. The summed E-state index contributed by atoms with van der Waals surface area (Å²) in [7, 11) is 0. The normalized spacial score (nSPS) is 17.7. The zero-order valence-corrected chi connectivity index (χ0v) is 31.1. The van der Waals surface area contributed by atoms with Gasteiger partial charge in [0, 0.05) is 43.7 Å². The average Bonchev–Trinajstić information content (AvgIpc) is 3.27. The Morgan fingerprint density at radius 3 is 2.46 bits per heavy atom. The van der Waals surface area contributed by atoms with E-state index in [1.807, 2.05) is 35.2 Å². The molecule has 0 saturated carbocycles. The summed E-state index contributed by atoms with van der Waals surface area (Å²) in [5.74, 6) is 1.86. The fourth-order valence-corrected chi connectivity index (χ4v) is 7.69. The number of benzene rings is 2. The van der Waals surface area contributed by atoms with Gasteiger partial charge in [0.25, 0.3) is 5.91 Å². The Hall–Kier alpha value is -3.93. The van der Waals surface area contributed by atoms with E-state index in [4.69, 9.17) is 9.47 Å². The average molecular weight is 816 g/mol. The van der Waals surface area contributed by atoms with Gasteiger partial charge in [0.05, 0.1) is 22.1 Å². The van der Waals surface area contributed by atoms with E-state index >= 15 is 0 Å². The smallest absolute Gasteiger partial charge is 0.410 e. The number of anilines is 1. The Labute approximate surface area is 308 Å². The Morgan fingerprint density at radius 2 is 1.76 bits per heavy atom. The van der Waals surface area contributed by atoms with Gasteiger partial charge in [-0.3, -0.25) is 14.5 Å².